The molecule has 0 aromatic rings. The number of primary amides is 2. The van der Waals surface area contributed by atoms with E-state index in [0.29, 0.717) is 0 Å². The van der Waals surface area contributed by atoms with Crippen molar-refractivity contribution in [2.24, 2.45) is 16.5 Å². The van der Waals surface area contributed by atoms with Crippen molar-refractivity contribution in [1.82, 2.24) is 0 Å². The van der Waals surface area contributed by atoms with E-state index in [2.05, 4.69) is 29.8 Å². The number of aliphatic imine (C=N–C) groups is 1. The number of carbonyl (C=O) groups excluding carboxylic acids is 2. The summed E-state index contributed by atoms with van der Waals surface area (Å²) in [6.45, 7) is 5.92. The van der Waals surface area contributed by atoms with Gasteiger partial charge in [0, 0.05) is 0 Å². The highest BCUT2D eigenvalue weighted by atomic mass is 16.2. The maximum Gasteiger partial charge on any atom is 0.337 e. The molecule has 5 nitrogen and oxygen atoms in total. The molecule has 56 valence electrons. The summed E-state index contributed by atoms with van der Waals surface area (Å²) in [7, 11) is 0. The van der Waals surface area contributed by atoms with Crippen molar-refractivity contribution >= 4 is 18.7 Å². The molecule has 0 radical (unpaired) electrons. The quantitative estimate of drug-likeness (QED) is 0.379. The van der Waals surface area contributed by atoms with Gasteiger partial charge in [0.25, 0.3) is 0 Å². The van der Waals surface area contributed by atoms with E-state index in [-0.39, 0.29) is 0 Å². The Hall–Kier alpha value is -1.65. The van der Waals surface area contributed by atoms with Crippen LogP contribution in [0, 0.1) is 0 Å². The minimum absolute atomic E-state index is 0.481. The fourth-order valence-corrected chi connectivity index (χ4v) is 0. The van der Waals surface area contributed by atoms with E-state index >= 15 is 0 Å². The van der Waals surface area contributed by atoms with Crippen LogP contribution in [0.1, 0.15) is 0 Å². The van der Waals surface area contributed by atoms with Crippen LogP contribution in [0.4, 0.5) is 4.79 Å². The second kappa shape index (κ2) is 7.35. The topological polar surface area (TPSA) is 98.5 Å². The fourth-order valence-electron chi connectivity index (χ4n) is 0. The summed E-state index contributed by atoms with van der Waals surface area (Å²) in [6.07, 6.45) is 1.06. The van der Waals surface area contributed by atoms with Gasteiger partial charge in [-0.05, 0) is 12.8 Å². The van der Waals surface area contributed by atoms with Gasteiger partial charge in [0.1, 0.15) is 0 Å². The van der Waals surface area contributed by atoms with Gasteiger partial charge >= 0.3 is 6.03 Å². The standard InChI is InChI=1S/C3H5NO.C2H4N2O/c1-2-3(4)5;1-4-2(3)5/h2H,1H2,(H2,4,5);1H2,(H2,3,5). The van der Waals surface area contributed by atoms with E-state index < -0.39 is 11.9 Å². The Bertz CT molecular complexity index is 135. The highest BCUT2D eigenvalue weighted by Crippen LogP contribution is 1.53. The predicted octanol–water partition coefficient (Wildman–Crippen LogP) is -0.577. The van der Waals surface area contributed by atoms with E-state index in [0.717, 1.165) is 6.08 Å². The average Bonchev–Trinajstić information content (AvgIpc) is 1.89. The number of rotatable bonds is 1. The molecule has 0 spiro atoms. The van der Waals surface area contributed by atoms with Crippen LogP contribution >= 0.6 is 0 Å². The molecule has 0 atom stereocenters. The minimum Gasteiger partial charge on any atom is -0.366 e. The molecule has 0 aliphatic carbocycles. The summed E-state index contributed by atoms with van der Waals surface area (Å²) in [5.74, 6) is -0.481. The first-order valence-corrected chi connectivity index (χ1v) is 2.22. The predicted molar refractivity (Wildman–Crippen MR) is 38.5 cm³/mol. The Morgan fingerprint density at radius 2 is 1.60 bits per heavy atom. The zero-order valence-corrected chi connectivity index (χ0v) is 5.41. The van der Waals surface area contributed by atoms with E-state index in [9.17, 15) is 9.59 Å². The molecule has 0 aromatic carbocycles. The normalized spacial score (nSPS) is 6.40. The molecule has 0 aliphatic rings. The lowest BCUT2D eigenvalue weighted by Gasteiger charge is -1.66. The Morgan fingerprint density at radius 1 is 1.40 bits per heavy atom. The van der Waals surface area contributed by atoms with Crippen molar-refractivity contribution in [1.29, 1.82) is 0 Å². The highest BCUT2D eigenvalue weighted by molar-refractivity contribution is 5.84. The SMILES string of the molecule is C=CC(N)=O.C=NC(N)=O. The monoisotopic (exact) mass is 143 g/mol. The van der Waals surface area contributed by atoms with Gasteiger partial charge in [-0.3, -0.25) is 4.79 Å². The van der Waals surface area contributed by atoms with Crippen LogP contribution in [0.5, 0.6) is 0 Å². The van der Waals surface area contributed by atoms with Gasteiger partial charge in [-0.15, -0.1) is 0 Å². The van der Waals surface area contributed by atoms with E-state index in [1.807, 2.05) is 0 Å². The number of carbonyl (C=O) groups is 2. The molecule has 0 unspecified atom stereocenters. The Kier molecular flexibility index (Phi) is 8.22. The molecule has 0 aliphatic heterocycles. The number of nitrogens with two attached hydrogens (primary N) is 2. The first kappa shape index (κ1) is 11.2. The minimum atomic E-state index is -0.731. The van der Waals surface area contributed by atoms with Crippen LogP contribution in [0.15, 0.2) is 17.6 Å². The summed E-state index contributed by atoms with van der Waals surface area (Å²) in [4.78, 5) is 21.6. The molecule has 4 N–H and O–H groups in total. The Labute approximate surface area is 58.4 Å². The lowest BCUT2D eigenvalue weighted by molar-refractivity contribution is -0.113. The van der Waals surface area contributed by atoms with Gasteiger partial charge in [-0.1, -0.05) is 6.58 Å². The van der Waals surface area contributed by atoms with Crippen molar-refractivity contribution in [2.75, 3.05) is 0 Å². The molecule has 0 aromatic heterocycles. The molecular formula is C5H9N3O2. The summed E-state index contributed by atoms with van der Waals surface area (Å²) in [5, 5.41) is 0. The molecule has 0 saturated heterocycles. The summed E-state index contributed by atoms with van der Waals surface area (Å²) >= 11 is 0. The number of hydrogen-bond acceptors (Lipinski definition) is 2. The van der Waals surface area contributed by atoms with Crippen LogP contribution in [0.25, 0.3) is 0 Å². The molecular weight excluding hydrogens is 134 g/mol. The smallest absolute Gasteiger partial charge is 0.337 e. The van der Waals surface area contributed by atoms with Gasteiger partial charge in [0.15, 0.2) is 0 Å². The van der Waals surface area contributed by atoms with Crippen molar-refractivity contribution in [2.45, 2.75) is 0 Å². The van der Waals surface area contributed by atoms with Gasteiger partial charge in [-0.2, -0.15) is 0 Å². The zero-order chi connectivity index (χ0) is 8.57. The highest BCUT2D eigenvalue weighted by Gasteiger charge is 1.70. The summed E-state index contributed by atoms with van der Waals surface area (Å²) < 4.78 is 0. The molecule has 0 heterocycles. The zero-order valence-electron chi connectivity index (χ0n) is 5.41. The second-order valence-electron chi connectivity index (χ2n) is 1.10. The van der Waals surface area contributed by atoms with Gasteiger partial charge in [0.05, 0.1) is 0 Å². The second-order valence-corrected chi connectivity index (χ2v) is 1.10. The third kappa shape index (κ3) is 32.9. The maximum absolute atomic E-state index is 9.47. The van der Waals surface area contributed by atoms with Gasteiger partial charge in [-0.25, -0.2) is 9.79 Å². The molecule has 0 bridgehead atoms. The maximum atomic E-state index is 9.47. The van der Waals surface area contributed by atoms with Crippen LogP contribution in [-0.4, -0.2) is 18.7 Å². The number of urea groups is 1. The molecule has 3 amide bonds. The third-order valence-corrected chi connectivity index (χ3v) is 0.357. The molecule has 5 heteroatoms. The summed E-state index contributed by atoms with van der Waals surface area (Å²) in [5.41, 5.74) is 8.96. The van der Waals surface area contributed by atoms with Gasteiger partial charge < -0.3 is 11.5 Å². The fraction of sp³-hybridized carbons (Fsp3) is 0. The van der Waals surface area contributed by atoms with Crippen LogP contribution < -0.4 is 11.5 Å². The first-order valence-electron chi connectivity index (χ1n) is 2.22. The van der Waals surface area contributed by atoms with Crippen molar-refractivity contribution in [3.05, 3.63) is 12.7 Å². The van der Waals surface area contributed by atoms with E-state index in [4.69, 9.17) is 0 Å². The van der Waals surface area contributed by atoms with Crippen molar-refractivity contribution in [3.8, 4) is 0 Å². The largest absolute Gasteiger partial charge is 0.366 e. The molecule has 0 saturated carbocycles. The number of amides is 3. The van der Waals surface area contributed by atoms with Crippen LogP contribution in [0.3, 0.4) is 0 Å². The molecule has 0 fully saturated rings. The molecule has 0 rings (SSSR count). The lowest BCUT2D eigenvalue weighted by atomic mass is 10.6. The van der Waals surface area contributed by atoms with Crippen LogP contribution in [-0.2, 0) is 4.79 Å². The number of nitrogens with zero attached hydrogens (tertiary/aromatic N) is 1. The summed E-state index contributed by atoms with van der Waals surface area (Å²) in [6, 6.07) is -0.731. The van der Waals surface area contributed by atoms with E-state index in [1.165, 1.54) is 0 Å². The van der Waals surface area contributed by atoms with Crippen LogP contribution in [0.2, 0.25) is 0 Å². The van der Waals surface area contributed by atoms with E-state index in [1.54, 1.807) is 0 Å². The van der Waals surface area contributed by atoms with Gasteiger partial charge in [0.2, 0.25) is 5.91 Å². The first-order chi connectivity index (χ1) is 4.54. The number of hydrogen-bond donors (Lipinski definition) is 2. The van der Waals surface area contributed by atoms with Crippen molar-refractivity contribution < 1.29 is 9.59 Å². The lowest BCUT2D eigenvalue weighted by Crippen LogP contribution is -2.04. The Balaban J connectivity index is 0. The average molecular weight is 143 g/mol. The third-order valence-electron chi connectivity index (χ3n) is 0.357. The van der Waals surface area contributed by atoms with Crippen molar-refractivity contribution in [3.63, 3.8) is 0 Å². The molecule has 10 heavy (non-hydrogen) atoms. The Morgan fingerprint density at radius 3 is 1.60 bits per heavy atom.